The second-order valence-electron chi connectivity index (χ2n) is 13.4. The third-order valence-electron chi connectivity index (χ3n) is 10.3. The van der Waals surface area contributed by atoms with Crippen molar-refractivity contribution in [1.82, 2.24) is 14.5 Å². The number of hydrogen-bond acceptors (Lipinski definition) is 4. The van der Waals surface area contributed by atoms with E-state index in [2.05, 4.69) is 131 Å². The molecule has 1 aliphatic heterocycles. The quantitative estimate of drug-likeness (QED) is 0.182. The highest BCUT2D eigenvalue weighted by Crippen LogP contribution is 2.46. The number of fused-ring (bicyclic) bond motifs is 12. The maximum atomic E-state index is 7.02. The van der Waals surface area contributed by atoms with E-state index in [1.54, 1.807) is 0 Å². The lowest BCUT2D eigenvalue weighted by molar-refractivity contribution is 0.487. The highest BCUT2D eigenvalue weighted by Gasteiger charge is 2.21. The molecule has 0 bridgehead atoms. The van der Waals surface area contributed by atoms with E-state index >= 15 is 0 Å². The Hall–Kier alpha value is -7.24. The molecule has 0 radical (unpaired) electrons. The molecule has 0 spiro atoms. The van der Waals surface area contributed by atoms with Crippen LogP contribution in [0, 0.1) is 0 Å². The fraction of sp³-hybridized carbons (Fsp3) is 0. The summed E-state index contributed by atoms with van der Waals surface area (Å²) in [4.78, 5) is 9.76. The largest absolute Gasteiger partial charge is 0.456 e. The number of rotatable bonds is 2. The Morgan fingerprint density at radius 2 is 1.23 bits per heavy atom. The summed E-state index contributed by atoms with van der Waals surface area (Å²) in [6.07, 6.45) is 8.20. The molecule has 0 N–H and O–H groups in total. The number of furan rings is 1. The summed E-state index contributed by atoms with van der Waals surface area (Å²) in [6.45, 7) is 0. The van der Waals surface area contributed by atoms with E-state index in [-0.39, 0.29) is 0 Å². The van der Waals surface area contributed by atoms with Gasteiger partial charge in [-0.1, -0.05) is 109 Å². The fourth-order valence-electron chi connectivity index (χ4n) is 7.84. The van der Waals surface area contributed by atoms with Gasteiger partial charge in [0.05, 0.1) is 5.52 Å². The van der Waals surface area contributed by atoms with Gasteiger partial charge in [0.15, 0.2) is 0 Å². The number of aromatic nitrogens is 3. The Balaban J connectivity index is 1.16. The average molecular weight is 680 g/mol. The molecule has 11 rings (SSSR count). The third-order valence-corrected chi connectivity index (χ3v) is 10.3. The van der Waals surface area contributed by atoms with Crippen LogP contribution in [0.3, 0.4) is 0 Å². The van der Waals surface area contributed by atoms with E-state index < -0.39 is 0 Å². The van der Waals surface area contributed by atoms with Crippen LogP contribution < -0.4 is 4.74 Å². The maximum Gasteiger partial charge on any atom is 0.146 e. The van der Waals surface area contributed by atoms with E-state index in [1.165, 1.54) is 0 Å². The molecule has 0 saturated carbocycles. The van der Waals surface area contributed by atoms with E-state index in [9.17, 15) is 0 Å². The van der Waals surface area contributed by atoms with Crippen molar-refractivity contribution in [3.05, 3.63) is 175 Å². The molecule has 0 aliphatic carbocycles. The van der Waals surface area contributed by atoms with Crippen molar-refractivity contribution in [1.29, 1.82) is 0 Å². The molecule has 53 heavy (non-hydrogen) atoms. The number of hydrogen-bond donors (Lipinski definition) is 0. The molecule has 10 aromatic rings. The minimum atomic E-state index is 0.759. The standard InChI is InChI=1S/C48H29N3O2/c1-2-12-34-30(11-1)20-21-31-22-23-32(33-26-41-35-13-3-6-16-42(35)51(48(41)50-29-33)47-19-9-10-24-49-47)25-38(31)40-28-45-39(37-15-5-8-18-44(37)53-45)27-46(40)52-43-17-7-4-14-36(34)43/h1-29H/b21-20-. The van der Waals surface area contributed by atoms with Gasteiger partial charge in [-0.25, -0.2) is 9.97 Å². The molecule has 5 heteroatoms. The predicted octanol–water partition coefficient (Wildman–Crippen LogP) is 12.8. The monoisotopic (exact) mass is 679 g/mol. The Morgan fingerprint density at radius 3 is 2.13 bits per heavy atom. The summed E-state index contributed by atoms with van der Waals surface area (Å²) < 4.78 is 15.6. The molecule has 5 nitrogen and oxygen atoms in total. The van der Waals surface area contributed by atoms with E-state index in [0.717, 1.165) is 106 Å². The fourth-order valence-corrected chi connectivity index (χ4v) is 7.84. The van der Waals surface area contributed by atoms with Crippen molar-refractivity contribution in [2.75, 3.05) is 0 Å². The van der Waals surface area contributed by atoms with Gasteiger partial charge in [0.25, 0.3) is 0 Å². The molecular formula is C48H29N3O2. The van der Waals surface area contributed by atoms with Crippen LogP contribution in [0.15, 0.2) is 168 Å². The molecule has 5 heterocycles. The highest BCUT2D eigenvalue weighted by molar-refractivity contribution is 6.10. The zero-order valence-electron chi connectivity index (χ0n) is 28.4. The molecule has 0 amide bonds. The number of benzene rings is 6. The molecule has 0 atom stereocenters. The Kier molecular flexibility index (Phi) is 6.48. The van der Waals surface area contributed by atoms with Crippen LogP contribution in [0.2, 0.25) is 0 Å². The van der Waals surface area contributed by atoms with Crippen molar-refractivity contribution in [2.45, 2.75) is 0 Å². The SMILES string of the molecule is C1=C\c2ccc(-c3cnc4c(c3)c3ccccc3n4-c3ccccn3)cc2-c2cc3oc4ccccc4c3cc2Oc2ccccc2-c2ccccc2/1. The van der Waals surface area contributed by atoms with Crippen molar-refractivity contribution in [3.63, 3.8) is 0 Å². The lowest BCUT2D eigenvalue weighted by atomic mass is 9.92. The van der Waals surface area contributed by atoms with E-state index in [1.807, 2.05) is 54.9 Å². The van der Waals surface area contributed by atoms with Crippen LogP contribution in [0.25, 0.3) is 95.2 Å². The minimum Gasteiger partial charge on any atom is -0.456 e. The number of ether oxygens (including phenoxy) is 1. The molecular weight excluding hydrogens is 651 g/mol. The van der Waals surface area contributed by atoms with Gasteiger partial charge >= 0.3 is 0 Å². The lowest BCUT2D eigenvalue weighted by Gasteiger charge is -2.17. The van der Waals surface area contributed by atoms with Gasteiger partial charge in [0.1, 0.15) is 34.1 Å². The summed E-state index contributed by atoms with van der Waals surface area (Å²) >= 11 is 0. The Labute approximate surface area is 304 Å². The van der Waals surface area contributed by atoms with E-state index in [4.69, 9.17) is 14.1 Å². The van der Waals surface area contributed by atoms with Gasteiger partial charge in [0.2, 0.25) is 0 Å². The van der Waals surface area contributed by atoms with Crippen LogP contribution in [-0.2, 0) is 0 Å². The van der Waals surface area contributed by atoms with Gasteiger partial charge in [0, 0.05) is 50.6 Å². The van der Waals surface area contributed by atoms with Crippen molar-refractivity contribution < 1.29 is 9.15 Å². The van der Waals surface area contributed by atoms with Crippen molar-refractivity contribution in [3.8, 4) is 50.7 Å². The minimum absolute atomic E-state index is 0.759. The molecule has 6 aromatic carbocycles. The summed E-state index contributed by atoms with van der Waals surface area (Å²) in [7, 11) is 0. The second-order valence-corrected chi connectivity index (χ2v) is 13.4. The molecule has 0 saturated heterocycles. The van der Waals surface area contributed by atoms with Gasteiger partial charge in [-0.3, -0.25) is 4.57 Å². The molecule has 248 valence electrons. The van der Waals surface area contributed by atoms with Gasteiger partial charge in [-0.2, -0.15) is 0 Å². The summed E-state index contributed by atoms with van der Waals surface area (Å²) in [5, 5.41) is 4.27. The molecule has 0 unspecified atom stereocenters. The van der Waals surface area contributed by atoms with Crippen LogP contribution in [0.4, 0.5) is 0 Å². The average Bonchev–Trinajstić information content (AvgIpc) is 3.74. The number of para-hydroxylation sites is 3. The molecule has 0 fully saturated rings. The highest BCUT2D eigenvalue weighted by atomic mass is 16.5. The first-order valence-electron chi connectivity index (χ1n) is 17.7. The summed E-state index contributed by atoms with van der Waals surface area (Å²) in [5.74, 6) is 2.39. The smallest absolute Gasteiger partial charge is 0.146 e. The van der Waals surface area contributed by atoms with Crippen LogP contribution in [0.1, 0.15) is 11.1 Å². The van der Waals surface area contributed by atoms with Crippen LogP contribution >= 0.6 is 0 Å². The van der Waals surface area contributed by atoms with Gasteiger partial charge in [-0.15, -0.1) is 0 Å². The summed E-state index contributed by atoms with van der Waals surface area (Å²) in [5.41, 5.74) is 12.0. The van der Waals surface area contributed by atoms with Crippen molar-refractivity contribution in [2.24, 2.45) is 0 Å². The van der Waals surface area contributed by atoms with Gasteiger partial charge < -0.3 is 9.15 Å². The first-order valence-corrected chi connectivity index (χ1v) is 17.7. The summed E-state index contributed by atoms with van der Waals surface area (Å²) in [6, 6.07) is 52.5. The Bertz CT molecular complexity index is 3100. The molecule has 1 aliphatic rings. The van der Waals surface area contributed by atoms with Crippen LogP contribution in [-0.4, -0.2) is 14.5 Å². The van der Waals surface area contributed by atoms with Gasteiger partial charge in [-0.05, 0) is 82.4 Å². The Morgan fingerprint density at radius 1 is 0.453 bits per heavy atom. The maximum absolute atomic E-state index is 7.02. The second kappa shape index (κ2) is 11.7. The first-order chi connectivity index (χ1) is 26.3. The lowest BCUT2D eigenvalue weighted by Crippen LogP contribution is -1.97. The normalized spacial score (nSPS) is 12.8. The molecule has 4 aromatic heterocycles. The predicted molar refractivity (Wildman–Crippen MR) is 215 cm³/mol. The first kappa shape index (κ1) is 29.5. The van der Waals surface area contributed by atoms with Crippen LogP contribution in [0.5, 0.6) is 11.5 Å². The van der Waals surface area contributed by atoms with E-state index in [0.29, 0.717) is 0 Å². The number of nitrogens with zero attached hydrogens (tertiary/aromatic N) is 3. The zero-order valence-corrected chi connectivity index (χ0v) is 28.4. The number of pyridine rings is 2. The topological polar surface area (TPSA) is 53.1 Å². The zero-order chi connectivity index (χ0) is 34.9. The third kappa shape index (κ3) is 4.71. The van der Waals surface area contributed by atoms with Crippen molar-refractivity contribution >= 4 is 56.0 Å².